The Morgan fingerprint density at radius 3 is 2.38 bits per heavy atom. The SMILES string of the molecule is O=C1NCc2nc(-c3c(F)cccc3F)cc(Nc3ccc(N4CCN(CCC(F)(F)F)CC4)cn3)c21. The summed E-state index contributed by atoms with van der Waals surface area (Å²) in [6, 6.07) is 8.48. The molecule has 1 saturated heterocycles. The number of fused-ring (bicyclic) bond motifs is 1. The van der Waals surface area contributed by atoms with E-state index in [1.165, 1.54) is 12.1 Å². The minimum absolute atomic E-state index is 0.0128. The van der Waals surface area contributed by atoms with Crippen molar-refractivity contribution in [2.45, 2.75) is 19.1 Å². The fourth-order valence-corrected chi connectivity index (χ4v) is 4.50. The van der Waals surface area contributed by atoms with Crippen molar-refractivity contribution in [3.8, 4) is 11.3 Å². The number of amides is 1. The van der Waals surface area contributed by atoms with Crippen molar-refractivity contribution in [1.29, 1.82) is 0 Å². The lowest BCUT2D eigenvalue weighted by molar-refractivity contribution is -0.138. The standard InChI is InChI=1S/C25H23F5N6O/c26-16-2-1-3-17(27)22(16)18-12-19(23-20(33-18)14-32-24(23)37)34-21-5-4-15(13-31-21)36-10-8-35(9-11-36)7-6-25(28,29)30/h1-5,12-13H,6-11,14H2,(H,32,37)(H,31,33,34). The maximum Gasteiger partial charge on any atom is 0.390 e. The molecular weight excluding hydrogens is 495 g/mol. The highest BCUT2D eigenvalue weighted by atomic mass is 19.4. The van der Waals surface area contributed by atoms with Gasteiger partial charge in [-0.15, -0.1) is 0 Å². The average Bonchev–Trinajstić information content (AvgIpc) is 3.24. The van der Waals surface area contributed by atoms with E-state index in [4.69, 9.17) is 0 Å². The molecule has 2 aliphatic rings. The van der Waals surface area contributed by atoms with Crippen LogP contribution in [-0.4, -0.2) is 59.7 Å². The lowest BCUT2D eigenvalue weighted by atomic mass is 10.1. The van der Waals surface area contributed by atoms with Crippen LogP contribution >= 0.6 is 0 Å². The van der Waals surface area contributed by atoms with Gasteiger partial charge >= 0.3 is 6.18 Å². The lowest BCUT2D eigenvalue weighted by Gasteiger charge is -2.36. The minimum atomic E-state index is -4.16. The van der Waals surface area contributed by atoms with E-state index in [2.05, 4.69) is 20.6 Å². The zero-order valence-corrected chi connectivity index (χ0v) is 19.6. The number of piperazine rings is 1. The van der Waals surface area contributed by atoms with Crippen molar-refractivity contribution >= 4 is 23.1 Å². The highest BCUT2D eigenvalue weighted by molar-refractivity contribution is 6.04. The van der Waals surface area contributed by atoms with Crippen LogP contribution in [0.2, 0.25) is 0 Å². The fourth-order valence-electron chi connectivity index (χ4n) is 4.50. The Morgan fingerprint density at radius 1 is 1.00 bits per heavy atom. The van der Waals surface area contributed by atoms with Gasteiger partial charge in [0.1, 0.15) is 17.5 Å². The van der Waals surface area contributed by atoms with Crippen molar-refractivity contribution in [2.24, 2.45) is 0 Å². The summed E-state index contributed by atoms with van der Waals surface area (Å²) in [6.07, 6.45) is -3.35. The molecule has 3 aromatic rings. The second kappa shape index (κ2) is 9.92. The van der Waals surface area contributed by atoms with Gasteiger partial charge in [0.15, 0.2) is 0 Å². The van der Waals surface area contributed by atoms with E-state index in [0.717, 1.165) is 17.8 Å². The summed E-state index contributed by atoms with van der Waals surface area (Å²) in [5.74, 6) is -1.49. The molecule has 2 aromatic heterocycles. The van der Waals surface area contributed by atoms with Crippen LogP contribution in [0.3, 0.4) is 0 Å². The Balaban J connectivity index is 1.32. The first-order valence-electron chi connectivity index (χ1n) is 11.7. The molecule has 1 fully saturated rings. The molecule has 0 radical (unpaired) electrons. The molecule has 12 heteroatoms. The van der Waals surface area contributed by atoms with Crippen molar-refractivity contribution in [3.63, 3.8) is 0 Å². The van der Waals surface area contributed by atoms with Gasteiger partial charge in [-0.1, -0.05) is 6.07 Å². The third-order valence-corrected chi connectivity index (χ3v) is 6.42. The minimum Gasteiger partial charge on any atom is -0.368 e. The Bertz CT molecular complexity index is 1290. The predicted octanol–water partition coefficient (Wildman–Crippen LogP) is 4.48. The molecule has 0 aliphatic carbocycles. The molecule has 2 aliphatic heterocycles. The summed E-state index contributed by atoms with van der Waals surface area (Å²) >= 11 is 0. The molecule has 0 unspecified atom stereocenters. The molecule has 2 N–H and O–H groups in total. The number of benzene rings is 1. The molecule has 0 atom stereocenters. The van der Waals surface area contributed by atoms with Gasteiger partial charge in [-0.3, -0.25) is 9.69 Å². The van der Waals surface area contributed by atoms with E-state index >= 15 is 0 Å². The number of nitrogens with zero attached hydrogens (tertiary/aromatic N) is 4. The fraction of sp³-hybridized carbons (Fsp3) is 0.320. The van der Waals surface area contributed by atoms with Gasteiger partial charge in [-0.05, 0) is 30.3 Å². The number of hydrogen-bond acceptors (Lipinski definition) is 6. The van der Waals surface area contributed by atoms with Crippen LogP contribution in [0.4, 0.5) is 39.1 Å². The molecule has 37 heavy (non-hydrogen) atoms. The summed E-state index contributed by atoms with van der Waals surface area (Å²) in [5, 5.41) is 5.73. The topological polar surface area (TPSA) is 73.4 Å². The van der Waals surface area contributed by atoms with Crippen molar-refractivity contribution < 1.29 is 26.7 Å². The number of pyridine rings is 2. The summed E-state index contributed by atoms with van der Waals surface area (Å²) < 4.78 is 66.2. The predicted molar refractivity (Wildman–Crippen MR) is 128 cm³/mol. The van der Waals surface area contributed by atoms with E-state index in [1.54, 1.807) is 17.2 Å². The van der Waals surface area contributed by atoms with Crippen molar-refractivity contribution in [1.82, 2.24) is 20.2 Å². The van der Waals surface area contributed by atoms with E-state index in [9.17, 15) is 26.7 Å². The second-order valence-electron chi connectivity index (χ2n) is 8.88. The maximum atomic E-state index is 14.4. The first-order valence-corrected chi connectivity index (χ1v) is 11.7. The van der Waals surface area contributed by atoms with Gasteiger partial charge in [0.2, 0.25) is 0 Å². The summed E-state index contributed by atoms with van der Waals surface area (Å²) in [4.78, 5) is 25.0. The monoisotopic (exact) mass is 518 g/mol. The molecule has 0 bridgehead atoms. The van der Waals surface area contributed by atoms with Crippen LogP contribution in [0.25, 0.3) is 11.3 Å². The Morgan fingerprint density at radius 2 is 1.73 bits per heavy atom. The third-order valence-electron chi connectivity index (χ3n) is 6.42. The van der Waals surface area contributed by atoms with Crippen LogP contribution in [-0.2, 0) is 6.54 Å². The number of alkyl halides is 3. The zero-order chi connectivity index (χ0) is 26.2. The average molecular weight is 518 g/mol. The Labute approximate surface area is 209 Å². The molecule has 5 rings (SSSR count). The molecule has 1 amide bonds. The zero-order valence-electron chi connectivity index (χ0n) is 19.6. The van der Waals surface area contributed by atoms with Gasteiger partial charge < -0.3 is 15.5 Å². The van der Waals surface area contributed by atoms with E-state index in [0.29, 0.717) is 43.4 Å². The summed E-state index contributed by atoms with van der Waals surface area (Å²) in [7, 11) is 0. The van der Waals surface area contributed by atoms with Crippen LogP contribution in [0, 0.1) is 11.6 Å². The molecule has 194 valence electrons. The van der Waals surface area contributed by atoms with Crippen molar-refractivity contribution in [2.75, 3.05) is 42.9 Å². The smallest absolute Gasteiger partial charge is 0.368 e. The second-order valence-corrected chi connectivity index (χ2v) is 8.88. The number of carbonyl (C=O) groups is 1. The normalized spacial score (nSPS) is 16.0. The molecular formula is C25H23F5N6O. The van der Waals surface area contributed by atoms with Crippen LogP contribution in [0.1, 0.15) is 22.5 Å². The van der Waals surface area contributed by atoms with E-state index in [1.807, 2.05) is 11.0 Å². The van der Waals surface area contributed by atoms with Crippen LogP contribution < -0.4 is 15.5 Å². The first-order chi connectivity index (χ1) is 17.7. The molecule has 4 heterocycles. The Hall–Kier alpha value is -3.80. The highest BCUT2D eigenvalue weighted by Gasteiger charge is 2.29. The number of halogens is 5. The third kappa shape index (κ3) is 5.48. The van der Waals surface area contributed by atoms with Gasteiger partial charge in [0.05, 0.1) is 53.1 Å². The van der Waals surface area contributed by atoms with Crippen molar-refractivity contribution in [3.05, 3.63) is 65.5 Å². The molecule has 0 saturated carbocycles. The van der Waals surface area contributed by atoms with Crippen LogP contribution in [0.5, 0.6) is 0 Å². The maximum absolute atomic E-state index is 14.4. The first kappa shape index (κ1) is 24.9. The number of hydrogen-bond donors (Lipinski definition) is 2. The van der Waals surface area contributed by atoms with Gasteiger partial charge in [-0.25, -0.2) is 18.7 Å². The number of aromatic nitrogens is 2. The molecule has 0 spiro atoms. The Kier molecular flexibility index (Phi) is 6.67. The summed E-state index contributed by atoms with van der Waals surface area (Å²) in [5.41, 5.74) is 1.54. The van der Waals surface area contributed by atoms with Gasteiger partial charge in [0, 0.05) is 32.7 Å². The van der Waals surface area contributed by atoms with E-state index < -0.39 is 24.2 Å². The highest BCUT2D eigenvalue weighted by Crippen LogP contribution is 2.33. The van der Waals surface area contributed by atoms with Gasteiger partial charge in [0.25, 0.3) is 5.91 Å². The number of carbonyl (C=O) groups excluding carboxylic acids is 1. The number of anilines is 3. The summed E-state index contributed by atoms with van der Waals surface area (Å²) in [6.45, 7) is 2.30. The number of rotatable bonds is 6. The largest absolute Gasteiger partial charge is 0.390 e. The lowest BCUT2D eigenvalue weighted by Crippen LogP contribution is -2.47. The van der Waals surface area contributed by atoms with Gasteiger partial charge in [-0.2, -0.15) is 13.2 Å². The molecule has 1 aromatic carbocycles. The quantitative estimate of drug-likeness (QED) is 0.469. The van der Waals surface area contributed by atoms with E-state index in [-0.39, 0.29) is 35.8 Å². The number of nitrogens with one attached hydrogen (secondary N) is 2. The van der Waals surface area contributed by atoms with Crippen LogP contribution in [0.15, 0.2) is 42.6 Å². The molecule has 7 nitrogen and oxygen atoms in total.